The lowest BCUT2D eigenvalue weighted by Gasteiger charge is -2.15. The lowest BCUT2D eigenvalue weighted by Crippen LogP contribution is -2.44. The van der Waals surface area contributed by atoms with Crippen LogP contribution in [0.3, 0.4) is 0 Å². The third kappa shape index (κ3) is 3.72. The van der Waals surface area contributed by atoms with Crippen molar-refractivity contribution in [2.45, 2.75) is 0 Å². The smallest absolute Gasteiger partial charge is 0.267 e. The van der Waals surface area contributed by atoms with E-state index >= 15 is 0 Å². The normalized spacial score (nSPS) is 15.9. The summed E-state index contributed by atoms with van der Waals surface area (Å²) in [4.78, 5) is 29.0. The van der Waals surface area contributed by atoms with E-state index in [1.54, 1.807) is 24.4 Å². The molecule has 0 saturated carbocycles. The molecular weight excluding hydrogens is 410 g/mol. The third-order valence-corrected chi connectivity index (χ3v) is 4.93. The molecule has 1 aromatic carbocycles. The molecule has 2 amide bonds. The van der Waals surface area contributed by atoms with Crippen LogP contribution in [0.1, 0.15) is 15.9 Å². The Morgan fingerprint density at radius 1 is 1.29 bits per heavy atom. The van der Waals surface area contributed by atoms with Crippen LogP contribution in [-0.4, -0.2) is 26.1 Å². The average molecular weight is 420 g/mol. The van der Waals surface area contributed by atoms with E-state index in [4.69, 9.17) is 12.2 Å². The number of carbonyl (C=O) groups excluding carboxylic acids is 2. The Morgan fingerprint density at radius 2 is 2.04 bits per heavy atom. The molecule has 1 fully saturated rings. The number of nitrogens with one attached hydrogen (secondary N) is 1. The van der Waals surface area contributed by atoms with E-state index in [0.29, 0.717) is 10.5 Å². The molecule has 120 valence electrons. The van der Waals surface area contributed by atoms with Crippen molar-refractivity contribution >= 4 is 62.1 Å². The maximum atomic E-state index is 12.5. The zero-order valence-electron chi connectivity index (χ0n) is 12.1. The summed E-state index contributed by atoms with van der Waals surface area (Å²) >= 11 is 9.70. The molecule has 0 unspecified atom stereocenters. The lowest BCUT2D eigenvalue weighted by atomic mass is 10.2. The number of rotatable bonds is 3. The number of benzene rings is 1. The second kappa shape index (κ2) is 7.25. The second-order valence-electron chi connectivity index (χ2n) is 4.75. The summed E-state index contributed by atoms with van der Waals surface area (Å²) in [6.07, 6.45) is 4.73. The zero-order valence-corrected chi connectivity index (χ0v) is 15.3. The summed E-state index contributed by atoms with van der Waals surface area (Å²) in [7, 11) is 0. The highest BCUT2D eigenvalue weighted by Crippen LogP contribution is 2.31. The van der Waals surface area contributed by atoms with Crippen molar-refractivity contribution in [3.8, 4) is 0 Å². The number of amides is 2. The summed E-state index contributed by atoms with van der Waals surface area (Å²) in [5.74, 6) is -0.797. The molecule has 0 bridgehead atoms. The van der Waals surface area contributed by atoms with E-state index in [1.165, 1.54) is 6.20 Å². The Morgan fingerprint density at radius 3 is 2.71 bits per heavy atom. The molecule has 24 heavy (non-hydrogen) atoms. The molecular formula is C16H10BrN3O2S2. The number of halogens is 1. The zero-order chi connectivity index (χ0) is 17.1. The quantitative estimate of drug-likeness (QED) is 0.610. The average Bonchev–Trinajstić information content (AvgIpc) is 2.85. The number of hydrazine groups is 1. The van der Waals surface area contributed by atoms with Gasteiger partial charge in [0.15, 0.2) is 4.32 Å². The minimum absolute atomic E-state index is 0.278. The van der Waals surface area contributed by atoms with Crippen molar-refractivity contribution in [2.75, 3.05) is 0 Å². The van der Waals surface area contributed by atoms with Crippen molar-refractivity contribution < 1.29 is 9.59 Å². The number of carbonyl (C=O) groups is 2. The highest BCUT2D eigenvalue weighted by molar-refractivity contribution is 9.10. The van der Waals surface area contributed by atoms with Gasteiger partial charge in [-0.05, 0) is 48.1 Å². The molecule has 0 aliphatic carbocycles. The minimum atomic E-state index is -0.440. The van der Waals surface area contributed by atoms with Crippen LogP contribution in [0.4, 0.5) is 0 Å². The number of pyridine rings is 1. The highest BCUT2D eigenvalue weighted by atomic mass is 79.9. The molecule has 1 aliphatic heterocycles. The monoisotopic (exact) mass is 419 g/mol. The highest BCUT2D eigenvalue weighted by Gasteiger charge is 2.33. The van der Waals surface area contributed by atoms with E-state index in [9.17, 15) is 9.59 Å². The summed E-state index contributed by atoms with van der Waals surface area (Å²) in [5.41, 5.74) is 3.74. The molecule has 1 saturated heterocycles. The Labute approximate surface area is 156 Å². The maximum absolute atomic E-state index is 12.5. The van der Waals surface area contributed by atoms with Gasteiger partial charge in [-0.3, -0.25) is 20.0 Å². The number of hydrogen-bond acceptors (Lipinski definition) is 5. The third-order valence-electron chi connectivity index (χ3n) is 3.10. The molecule has 1 aliphatic rings. The van der Waals surface area contributed by atoms with Gasteiger partial charge in [0.1, 0.15) is 0 Å². The van der Waals surface area contributed by atoms with Crippen LogP contribution in [0.25, 0.3) is 6.08 Å². The fraction of sp³-hybridized carbons (Fsp3) is 0. The lowest BCUT2D eigenvalue weighted by molar-refractivity contribution is -0.123. The first-order chi connectivity index (χ1) is 11.5. The topological polar surface area (TPSA) is 62.3 Å². The summed E-state index contributed by atoms with van der Waals surface area (Å²) in [6, 6.07) is 10.8. The number of thioether (sulfide) groups is 1. The predicted octanol–water partition coefficient (Wildman–Crippen LogP) is 3.39. The van der Waals surface area contributed by atoms with Gasteiger partial charge in [0.2, 0.25) is 0 Å². The standard InChI is InChI=1S/C16H10BrN3O2S2/c17-12-5-3-10(4-6-12)8-13-15(22)20(16(23)24-13)19-14(21)11-2-1-7-18-9-11/h1-9H,(H,19,21). The van der Waals surface area contributed by atoms with Gasteiger partial charge >= 0.3 is 0 Å². The van der Waals surface area contributed by atoms with Crippen LogP contribution in [0.15, 0.2) is 58.2 Å². The van der Waals surface area contributed by atoms with Crippen molar-refractivity contribution in [3.63, 3.8) is 0 Å². The minimum Gasteiger partial charge on any atom is -0.267 e. The number of aromatic nitrogens is 1. The summed E-state index contributed by atoms with van der Waals surface area (Å²) < 4.78 is 1.23. The van der Waals surface area contributed by atoms with Gasteiger partial charge in [-0.1, -0.05) is 39.8 Å². The predicted molar refractivity (Wildman–Crippen MR) is 101 cm³/mol. The van der Waals surface area contributed by atoms with Crippen molar-refractivity contribution in [2.24, 2.45) is 0 Å². The Bertz CT molecular complexity index is 838. The second-order valence-corrected chi connectivity index (χ2v) is 7.34. The molecule has 5 nitrogen and oxygen atoms in total. The van der Waals surface area contributed by atoms with Crippen molar-refractivity contribution in [1.82, 2.24) is 15.4 Å². The van der Waals surface area contributed by atoms with Crippen molar-refractivity contribution in [1.29, 1.82) is 0 Å². The largest absolute Gasteiger partial charge is 0.285 e. The fourth-order valence-electron chi connectivity index (χ4n) is 1.94. The molecule has 2 aromatic rings. The first-order valence-corrected chi connectivity index (χ1v) is 8.81. The van der Waals surface area contributed by atoms with Gasteiger partial charge in [-0.2, -0.15) is 5.01 Å². The molecule has 8 heteroatoms. The number of thiocarbonyl (C=S) groups is 1. The molecule has 1 aromatic heterocycles. The van der Waals surface area contributed by atoms with Gasteiger partial charge < -0.3 is 0 Å². The van der Waals surface area contributed by atoms with Crippen LogP contribution in [-0.2, 0) is 4.79 Å². The van der Waals surface area contributed by atoms with Crippen LogP contribution in [0.5, 0.6) is 0 Å². The Hall–Kier alpha value is -2.03. The van der Waals surface area contributed by atoms with Gasteiger partial charge in [0, 0.05) is 16.9 Å². The molecule has 2 heterocycles. The number of hydrogen-bond donors (Lipinski definition) is 1. The van der Waals surface area contributed by atoms with Crippen LogP contribution < -0.4 is 5.43 Å². The van der Waals surface area contributed by atoms with Gasteiger partial charge in [0.25, 0.3) is 11.8 Å². The van der Waals surface area contributed by atoms with E-state index in [0.717, 1.165) is 26.8 Å². The summed E-state index contributed by atoms with van der Waals surface area (Å²) in [5, 5.41) is 1.08. The van der Waals surface area contributed by atoms with Gasteiger partial charge in [-0.15, -0.1) is 0 Å². The first kappa shape index (κ1) is 16.8. The van der Waals surface area contributed by atoms with E-state index in [-0.39, 0.29) is 10.2 Å². The van der Waals surface area contributed by atoms with Crippen molar-refractivity contribution in [3.05, 3.63) is 69.3 Å². The first-order valence-electron chi connectivity index (χ1n) is 6.79. The van der Waals surface area contributed by atoms with E-state index in [2.05, 4.69) is 26.3 Å². The van der Waals surface area contributed by atoms with E-state index < -0.39 is 5.91 Å². The van der Waals surface area contributed by atoms with Gasteiger partial charge in [-0.25, -0.2) is 0 Å². The summed E-state index contributed by atoms with van der Waals surface area (Å²) in [6.45, 7) is 0. The SMILES string of the molecule is O=C(NN1C(=O)C(=Cc2ccc(Br)cc2)SC1=S)c1cccnc1. The number of nitrogens with zero attached hydrogens (tertiary/aromatic N) is 2. The van der Waals surface area contributed by atoms with Crippen LogP contribution >= 0.6 is 39.9 Å². The van der Waals surface area contributed by atoms with E-state index in [1.807, 2.05) is 24.3 Å². The molecule has 0 spiro atoms. The molecule has 0 atom stereocenters. The van der Waals surface area contributed by atoms with Gasteiger partial charge in [0.05, 0.1) is 10.5 Å². The maximum Gasteiger partial charge on any atom is 0.285 e. The Kier molecular flexibility index (Phi) is 5.08. The molecule has 0 radical (unpaired) electrons. The fourth-order valence-corrected chi connectivity index (χ4v) is 3.38. The Balaban J connectivity index is 1.77. The molecule has 3 rings (SSSR count). The van der Waals surface area contributed by atoms with Crippen LogP contribution in [0.2, 0.25) is 0 Å². The van der Waals surface area contributed by atoms with Crippen LogP contribution in [0, 0.1) is 0 Å². The molecule has 1 N–H and O–H groups in total.